The summed E-state index contributed by atoms with van der Waals surface area (Å²) in [5, 5.41) is 0. The van der Waals surface area contributed by atoms with Crippen molar-refractivity contribution in [1.82, 2.24) is 0 Å². The monoisotopic (exact) mass is 230 g/mol. The lowest BCUT2D eigenvalue weighted by atomic mass is 10.4. The van der Waals surface area contributed by atoms with Gasteiger partial charge >= 0.3 is 5.97 Å². The van der Waals surface area contributed by atoms with Gasteiger partial charge < -0.3 is 4.74 Å². The molecule has 0 heterocycles. The molecule has 0 N–H and O–H groups in total. The van der Waals surface area contributed by atoms with Crippen molar-refractivity contribution < 1.29 is 22.1 Å². The number of rotatable bonds is 5. The molecule has 0 aromatic rings. The van der Waals surface area contributed by atoms with E-state index < -0.39 is 22.2 Å². The van der Waals surface area contributed by atoms with Gasteiger partial charge in [0.15, 0.2) is 0 Å². The zero-order chi connectivity index (χ0) is 10.5. The van der Waals surface area contributed by atoms with E-state index in [4.69, 9.17) is 11.6 Å². The molecule has 0 spiro atoms. The van der Waals surface area contributed by atoms with Gasteiger partial charge in [0, 0.05) is 6.92 Å². The highest BCUT2D eigenvalue weighted by Crippen LogP contribution is 1.99. The van der Waals surface area contributed by atoms with E-state index in [2.05, 4.69) is 8.92 Å². The number of ether oxygens (including phenoxy) is 1. The Balaban J connectivity index is 3.93. The van der Waals surface area contributed by atoms with Crippen LogP contribution >= 0.6 is 11.6 Å². The van der Waals surface area contributed by atoms with Crippen LogP contribution in [-0.2, 0) is 23.8 Å². The third kappa shape index (κ3) is 8.01. The van der Waals surface area contributed by atoms with Gasteiger partial charge in [-0.1, -0.05) is 0 Å². The first kappa shape index (κ1) is 12.7. The highest BCUT2D eigenvalue weighted by molar-refractivity contribution is 7.85. The average molecular weight is 231 g/mol. The molecule has 7 heteroatoms. The minimum Gasteiger partial charge on any atom is -0.459 e. The molecule has 1 atom stereocenters. The molecule has 0 aliphatic rings. The quantitative estimate of drug-likeness (QED) is 0.382. The molecule has 0 saturated heterocycles. The fourth-order valence-electron chi connectivity index (χ4n) is 0.544. The fourth-order valence-corrected chi connectivity index (χ4v) is 1.10. The SMILES string of the molecule is CC(=O)OC(CCl)COS(C)(=O)=O. The van der Waals surface area contributed by atoms with Gasteiger partial charge in [-0.3, -0.25) is 8.98 Å². The Morgan fingerprint density at radius 3 is 2.38 bits per heavy atom. The second-order valence-electron chi connectivity index (χ2n) is 2.37. The van der Waals surface area contributed by atoms with E-state index >= 15 is 0 Å². The maximum absolute atomic E-state index is 10.5. The Kier molecular flexibility index (Phi) is 5.27. The van der Waals surface area contributed by atoms with Crippen molar-refractivity contribution in [3.63, 3.8) is 0 Å². The van der Waals surface area contributed by atoms with Gasteiger partial charge in [0.05, 0.1) is 12.1 Å². The molecule has 0 aliphatic carbocycles. The van der Waals surface area contributed by atoms with Crippen LogP contribution in [0.15, 0.2) is 0 Å². The molecule has 0 amide bonds. The highest BCUT2D eigenvalue weighted by Gasteiger charge is 2.13. The van der Waals surface area contributed by atoms with Gasteiger partial charge in [-0.15, -0.1) is 11.6 Å². The second kappa shape index (κ2) is 5.41. The third-order valence-electron chi connectivity index (χ3n) is 0.973. The van der Waals surface area contributed by atoms with E-state index in [1.807, 2.05) is 0 Å². The van der Waals surface area contributed by atoms with Crippen LogP contribution in [0.25, 0.3) is 0 Å². The summed E-state index contributed by atoms with van der Waals surface area (Å²) in [6, 6.07) is 0. The van der Waals surface area contributed by atoms with Gasteiger partial charge in [0.2, 0.25) is 0 Å². The van der Waals surface area contributed by atoms with Gasteiger partial charge in [0.25, 0.3) is 10.1 Å². The smallest absolute Gasteiger partial charge is 0.303 e. The number of hydrogen-bond donors (Lipinski definition) is 0. The van der Waals surface area contributed by atoms with Crippen LogP contribution in [0.2, 0.25) is 0 Å². The first-order valence-electron chi connectivity index (χ1n) is 3.42. The van der Waals surface area contributed by atoms with Crippen molar-refractivity contribution >= 4 is 27.7 Å². The maximum atomic E-state index is 10.5. The lowest BCUT2D eigenvalue weighted by molar-refractivity contribution is -0.146. The summed E-state index contributed by atoms with van der Waals surface area (Å²) in [7, 11) is -3.52. The molecule has 5 nitrogen and oxygen atoms in total. The molecule has 0 fully saturated rings. The molecule has 13 heavy (non-hydrogen) atoms. The Morgan fingerprint density at radius 1 is 1.54 bits per heavy atom. The maximum Gasteiger partial charge on any atom is 0.303 e. The van der Waals surface area contributed by atoms with Crippen LogP contribution in [0.1, 0.15) is 6.92 Å². The van der Waals surface area contributed by atoms with E-state index in [0.29, 0.717) is 0 Å². The second-order valence-corrected chi connectivity index (χ2v) is 4.33. The largest absolute Gasteiger partial charge is 0.459 e. The van der Waals surface area contributed by atoms with E-state index in [1.165, 1.54) is 6.92 Å². The van der Waals surface area contributed by atoms with Crippen molar-refractivity contribution in [2.24, 2.45) is 0 Å². The van der Waals surface area contributed by atoms with E-state index in [9.17, 15) is 13.2 Å². The van der Waals surface area contributed by atoms with Crippen LogP contribution in [0.4, 0.5) is 0 Å². The molecule has 0 aromatic heterocycles. The van der Waals surface area contributed by atoms with Crippen molar-refractivity contribution in [2.75, 3.05) is 18.7 Å². The van der Waals surface area contributed by atoms with Crippen molar-refractivity contribution in [2.45, 2.75) is 13.0 Å². The average Bonchev–Trinajstić information content (AvgIpc) is 1.95. The molecule has 0 saturated carbocycles. The van der Waals surface area contributed by atoms with Crippen molar-refractivity contribution in [1.29, 1.82) is 0 Å². The Morgan fingerprint density at radius 2 is 2.08 bits per heavy atom. The molecule has 0 bridgehead atoms. The molecule has 1 unspecified atom stereocenters. The van der Waals surface area contributed by atoms with Gasteiger partial charge in [-0.05, 0) is 0 Å². The summed E-state index contributed by atoms with van der Waals surface area (Å²) in [6.07, 6.45) is 0.181. The topological polar surface area (TPSA) is 69.7 Å². The van der Waals surface area contributed by atoms with Gasteiger partial charge in [0.1, 0.15) is 12.7 Å². The lowest BCUT2D eigenvalue weighted by Gasteiger charge is -2.12. The summed E-state index contributed by atoms with van der Waals surface area (Å²) >= 11 is 5.39. The number of halogens is 1. The Labute approximate surface area is 82.1 Å². The summed E-state index contributed by atoms with van der Waals surface area (Å²) in [5.74, 6) is -0.530. The normalized spacial score (nSPS) is 13.8. The fraction of sp³-hybridized carbons (Fsp3) is 0.833. The van der Waals surface area contributed by atoms with E-state index in [1.54, 1.807) is 0 Å². The third-order valence-corrected chi connectivity index (χ3v) is 1.88. The van der Waals surface area contributed by atoms with Gasteiger partial charge in [-0.2, -0.15) is 8.42 Å². The molecule has 0 aliphatic heterocycles. The summed E-state index contributed by atoms with van der Waals surface area (Å²) < 4.78 is 30.1. The lowest BCUT2D eigenvalue weighted by Crippen LogP contribution is -2.25. The van der Waals surface area contributed by atoms with E-state index in [-0.39, 0.29) is 12.5 Å². The van der Waals surface area contributed by atoms with Gasteiger partial charge in [-0.25, -0.2) is 0 Å². The summed E-state index contributed by atoms with van der Waals surface area (Å²) in [6.45, 7) is 0.960. The molecule has 78 valence electrons. The van der Waals surface area contributed by atoms with Crippen LogP contribution < -0.4 is 0 Å². The van der Waals surface area contributed by atoms with E-state index in [0.717, 1.165) is 6.26 Å². The van der Waals surface area contributed by atoms with Crippen LogP contribution in [0.3, 0.4) is 0 Å². The predicted molar refractivity (Wildman–Crippen MR) is 47.1 cm³/mol. The van der Waals surface area contributed by atoms with Crippen LogP contribution in [0.5, 0.6) is 0 Å². The summed E-state index contributed by atoms with van der Waals surface area (Å²) in [4.78, 5) is 10.5. The molecular weight excluding hydrogens is 220 g/mol. The number of carbonyl (C=O) groups is 1. The summed E-state index contributed by atoms with van der Waals surface area (Å²) in [5.41, 5.74) is 0. The first-order chi connectivity index (χ1) is 5.85. The minimum absolute atomic E-state index is 0.00486. The molecular formula is C6H11ClO5S. The predicted octanol–water partition coefficient (Wildman–Crippen LogP) is 0.133. The van der Waals surface area contributed by atoms with Crippen LogP contribution in [0, 0.1) is 0 Å². The Bertz CT molecular complexity index is 260. The Hall–Kier alpha value is -0.330. The number of alkyl halides is 1. The van der Waals surface area contributed by atoms with Crippen molar-refractivity contribution in [3.05, 3.63) is 0 Å². The van der Waals surface area contributed by atoms with Crippen LogP contribution in [-0.4, -0.2) is 39.2 Å². The van der Waals surface area contributed by atoms with Crippen molar-refractivity contribution in [3.8, 4) is 0 Å². The zero-order valence-corrected chi connectivity index (χ0v) is 8.89. The first-order valence-corrected chi connectivity index (χ1v) is 5.78. The number of esters is 1. The number of carbonyl (C=O) groups excluding carboxylic acids is 1. The standard InChI is InChI=1S/C6H11ClO5S/c1-5(8)12-6(3-7)4-11-13(2,9)10/h6H,3-4H2,1-2H3. The minimum atomic E-state index is -3.52. The highest BCUT2D eigenvalue weighted by atomic mass is 35.5. The zero-order valence-electron chi connectivity index (χ0n) is 7.32. The molecule has 0 rings (SSSR count). The molecule has 0 aromatic carbocycles. The number of hydrogen-bond acceptors (Lipinski definition) is 5. The molecule has 0 radical (unpaired) electrons.